The number of hydrogen-bond donors (Lipinski definition) is 0. The first-order valence-corrected chi connectivity index (χ1v) is 5.24. The molecule has 1 heterocycles. The molecule has 1 aromatic carbocycles. The van der Waals surface area contributed by atoms with E-state index in [4.69, 9.17) is 9.49 Å². The van der Waals surface area contributed by atoms with Gasteiger partial charge in [-0.2, -0.15) is 0 Å². The molecule has 0 atom stereocenters. The van der Waals surface area contributed by atoms with E-state index in [1.165, 1.54) is 0 Å². The first-order chi connectivity index (χ1) is 5.83. The van der Waals surface area contributed by atoms with E-state index in [9.17, 15) is 4.79 Å². The van der Waals surface area contributed by atoms with E-state index in [1.54, 1.807) is 6.07 Å². The van der Waals surface area contributed by atoms with Crippen LogP contribution in [0.2, 0.25) is 0 Å². The van der Waals surface area contributed by atoms with Crippen molar-refractivity contribution in [3.8, 4) is 12.3 Å². The van der Waals surface area contributed by atoms with Gasteiger partial charge in [-0.1, -0.05) is 0 Å². The van der Waals surface area contributed by atoms with Gasteiger partial charge in [-0.15, -0.1) is 0 Å². The van der Waals surface area contributed by atoms with Crippen molar-refractivity contribution in [1.82, 2.24) is 0 Å². The van der Waals surface area contributed by atoms with Gasteiger partial charge in [-0.05, 0) is 0 Å². The molecule has 0 fully saturated rings. The summed E-state index contributed by atoms with van der Waals surface area (Å²) in [6, 6.07) is 5.51. The number of carbonyl (C=O) groups is 1. The van der Waals surface area contributed by atoms with Crippen LogP contribution in [0.25, 0.3) is 0 Å². The third kappa shape index (κ3) is 0.994. The Morgan fingerprint density at radius 3 is 3.08 bits per heavy atom. The van der Waals surface area contributed by atoms with E-state index in [2.05, 4.69) is 5.92 Å². The van der Waals surface area contributed by atoms with Gasteiger partial charge in [0.2, 0.25) is 0 Å². The van der Waals surface area contributed by atoms with Crippen LogP contribution in [0.15, 0.2) is 18.2 Å². The van der Waals surface area contributed by atoms with Crippen molar-refractivity contribution < 1.29 is 29.5 Å². The predicted molar refractivity (Wildman–Crippen MR) is 38.5 cm³/mol. The molecule has 0 N–H and O–H groups in total. The second-order valence-electron chi connectivity index (χ2n) is 2.25. The third-order valence-electron chi connectivity index (χ3n) is 1.57. The molecule has 1 aliphatic rings. The van der Waals surface area contributed by atoms with Crippen molar-refractivity contribution in [2.75, 3.05) is 0 Å². The second kappa shape index (κ2) is 2.79. The molecule has 0 saturated carbocycles. The minimum atomic E-state index is -0.586. The molecule has 0 unspecified atom stereocenters. The molecule has 2 nitrogen and oxygen atoms in total. The van der Waals surface area contributed by atoms with E-state index in [1.807, 2.05) is 12.1 Å². The molecule has 1 aliphatic heterocycles. The number of terminal acetylenes is 1. The van der Waals surface area contributed by atoms with Crippen LogP contribution in [0.1, 0.15) is 15.9 Å². The minimum absolute atomic E-state index is 0.258. The zero-order chi connectivity index (χ0) is 8.55. The molecule has 3 heteroatoms. The van der Waals surface area contributed by atoms with Crippen molar-refractivity contribution in [2.24, 2.45) is 0 Å². The molecular weight excluding hydrogens is 267 g/mol. The Bertz CT molecular complexity index is 390. The number of benzene rings is 1. The summed E-state index contributed by atoms with van der Waals surface area (Å²) >= 11 is -0.586. The summed E-state index contributed by atoms with van der Waals surface area (Å²) in [7, 11) is 0. The fourth-order valence-corrected chi connectivity index (χ4v) is 2.77. The standard InChI is InChI=1S/C9H4IO2/c1-2-6-4-3-5-7-8(6)9(11)12-10-7/h1,3-5H/q-1. The van der Waals surface area contributed by atoms with Crippen LogP contribution in [-0.2, 0) is 3.07 Å². The zero-order valence-corrected chi connectivity index (χ0v) is 8.16. The van der Waals surface area contributed by atoms with Gasteiger partial charge in [-0.25, -0.2) is 0 Å². The Labute approximate surface area is 80.7 Å². The normalized spacial score (nSPS) is 14.1. The molecule has 0 spiro atoms. The van der Waals surface area contributed by atoms with Crippen LogP contribution in [0.3, 0.4) is 0 Å². The number of hydrogen-bond acceptors (Lipinski definition) is 2. The molecule has 0 radical (unpaired) electrons. The summed E-state index contributed by atoms with van der Waals surface area (Å²) in [6.07, 6.45) is 5.24. The fourth-order valence-electron chi connectivity index (χ4n) is 1.03. The monoisotopic (exact) mass is 271 g/mol. The van der Waals surface area contributed by atoms with Gasteiger partial charge >= 0.3 is 80.7 Å². The number of rotatable bonds is 0. The molecule has 0 amide bonds. The Morgan fingerprint density at radius 1 is 1.50 bits per heavy atom. The zero-order valence-electron chi connectivity index (χ0n) is 6.00. The van der Waals surface area contributed by atoms with Crippen molar-refractivity contribution in [1.29, 1.82) is 0 Å². The van der Waals surface area contributed by atoms with Crippen molar-refractivity contribution in [3.05, 3.63) is 32.9 Å². The van der Waals surface area contributed by atoms with Crippen LogP contribution >= 0.6 is 0 Å². The molecule has 60 valence electrons. The summed E-state index contributed by atoms with van der Waals surface area (Å²) < 4.78 is 5.94. The predicted octanol–water partition coefficient (Wildman–Crippen LogP) is -1.99. The summed E-state index contributed by atoms with van der Waals surface area (Å²) in [5.41, 5.74) is 1.25. The SMILES string of the molecule is C#Cc1cccc2c1C(=O)O[I-]2. The quantitative estimate of drug-likeness (QED) is 0.403. The molecular formula is C9H4IO2-. The Kier molecular flexibility index (Phi) is 1.77. The van der Waals surface area contributed by atoms with Crippen molar-refractivity contribution in [3.63, 3.8) is 0 Å². The average Bonchev–Trinajstić information content (AvgIpc) is 2.48. The number of halogens is 1. The van der Waals surface area contributed by atoms with Gasteiger partial charge < -0.3 is 0 Å². The number of carbonyl (C=O) groups excluding carboxylic acids is 1. The summed E-state index contributed by atoms with van der Waals surface area (Å²) in [5.74, 6) is 2.22. The van der Waals surface area contributed by atoms with Crippen molar-refractivity contribution >= 4 is 5.97 Å². The van der Waals surface area contributed by atoms with Crippen LogP contribution < -0.4 is 21.6 Å². The van der Waals surface area contributed by atoms with E-state index in [0.717, 1.165) is 3.57 Å². The third-order valence-corrected chi connectivity index (χ3v) is 3.56. The molecule has 0 aliphatic carbocycles. The summed E-state index contributed by atoms with van der Waals surface area (Å²) in [5, 5.41) is 0. The topological polar surface area (TPSA) is 26.3 Å². The number of fused-ring (bicyclic) bond motifs is 1. The van der Waals surface area contributed by atoms with Gasteiger partial charge in [0.15, 0.2) is 0 Å². The average molecular weight is 271 g/mol. The first kappa shape index (κ1) is 7.62. The summed E-state index contributed by atoms with van der Waals surface area (Å²) in [4.78, 5) is 11.2. The van der Waals surface area contributed by atoms with Crippen LogP contribution in [-0.4, -0.2) is 5.97 Å². The molecule has 0 bridgehead atoms. The van der Waals surface area contributed by atoms with E-state index in [-0.39, 0.29) is 5.97 Å². The van der Waals surface area contributed by atoms with E-state index in [0.29, 0.717) is 11.1 Å². The van der Waals surface area contributed by atoms with Crippen LogP contribution in [0.5, 0.6) is 0 Å². The Morgan fingerprint density at radius 2 is 2.33 bits per heavy atom. The first-order valence-electron chi connectivity index (χ1n) is 3.28. The molecule has 0 saturated heterocycles. The Balaban J connectivity index is 2.70. The van der Waals surface area contributed by atoms with Crippen LogP contribution in [0, 0.1) is 15.9 Å². The Hall–Kier alpha value is -1.02. The van der Waals surface area contributed by atoms with Gasteiger partial charge in [0.1, 0.15) is 0 Å². The maximum atomic E-state index is 11.2. The summed E-state index contributed by atoms with van der Waals surface area (Å²) in [6.45, 7) is 0. The van der Waals surface area contributed by atoms with E-state index < -0.39 is 21.6 Å². The van der Waals surface area contributed by atoms with Crippen molar-refractivity contribution in [2.45, 2.75) is 0 Å². The van der Waals surface area contributed by atoms with Gasteiger partial charge in [0.25, 0.3) is 0 Å². The fraction of sp³-hybridized carbons (Fsp3) is 0. The second-order valence-corrected chi connectivity index (χ2v) is 4.29. The molecule has 0 aromatic heterocycles. The molecule has 12 heavy (non-hydrogen) atoms. The van der Waals surface area contributed by atoms with Gasteiger partial charge in [0.05, 0.1) is 0 Å². The molecule has 1 aromatic rings. The maximum absolute atomic E-state index is 11.2. The van der Waals surface area contributed by atoms with Gasteiger partial charge in [0, 0.05) is 0 Å². The van der Waals surface area contributed by atoms with Crippen LogP contribution in [0.4, 0.5) is 0 Å². The van der Waals surface area contributed by atoms with Gasteiger partial charge in [-0.3, -0.25) is 0 Å². The van der Waals surface area contributed by atoms with E-state index >= 15 is 0 Å². The molecule has 2 rings (SSSR count).